The molecule has 4 aliphatic rings. The molecule has 0 radical (unpaired) electrons. The van der Waals surface area contributed by atoms with Crippen LogP contribution in [0.4, 0.5) is 0 Å². The molecule has 2 atom stereocenters. The summed E-state index contributed by atoms with van der Waals surface area (Å²) >= 11 is 0. The first-order chi connectivity index (χ1) is 12.6. The second-order valence-electron chi connectivity index (χ2n) is 6.95. The van der Waals surface area contributed by atoms with Crippen LogP contribution < -0.4 is 0 Å². The summed E-state index contributed by atoms with van der Waals surface area (Å²) in [4.78, 5) is 25.8. The van der Waals surface area contributed by atoms with Crippen LogP contribution in [0.25, 0.3) is 0 Å². The van der Waals surface area contributed by atoms with Crippen molar-refractivity contribution in [2.75, 3.05) is 13.2 Å². The zero-order valence-corrected chi connectivity index (χ0v) is 15.1. The van der Waals surface area contributed by atoms with Gasteiger partial charge in [-0.05, 0) is 52.4 Å². The van der Waals surface area contributed by atoms with Gasteiger partial charge >= 0.3 is 11.9 Å². The lowest BCUT2D eigenvalue weighted by Crippen LogP contribution is -2.53. The topological polar surface area (TPSA) is 102 Å². The molecule has 8 heteroatoms. The van der Waals surface area contributed by atoms with E-state index in [1.165, 1.54) is 0 Å². The number of fused-ring (bicyclic) bond motifs is 2. The molecule has 0 N–H and O–H groups in total. The van der Waals surface area contributed by atoms with E-state index in [0.717, 1.165) is 12.8 Å². The lowest BCUT2D eigenvalue weighted by molar-refractivity contribution is -0.149. The van der Waals surface area contributed by atoms with Gasteiger partial charge in [-0.1, -0.05) is 0 Å². The molecule has 138 valence electrons. The molecule has 0 aromatic carbocycles. The monoisotopic (exact) mass is 358 g/mol. The van der Waals surface area contributed by atoms with Gasteiger partial charge in [0.2, 0.25) is 0 Å². The highest BCUT2D eigenvalue weighted by molar-refractivity contribution is 6.60. The number of carbonyl (C=O) groups excluding carboxylic acids is 2. The van der Waals surface area contributed by atoms with Gasteiger partial charge in [0.1, 0.15) is 11.4 Å². The summed E-state index contributed by atoms with van der Waals surface area (Å²) < 4.78 is 10.7. The first-order valence-corrected chi connectivity index (χ1v) is 9.27. The number of hydrogen-bond acceptors (Lipinski definition) is 8. The molecule has 8 nitrogen and oxygen atoms in total. The number of ether oxygens (including phenoxy) is 2. The van der Waals surface area contributed by atoms with Crippen LogP contribution in [0.2, 0.25) is 0 Å². The lowest BCUT2D eigenvalue weighted by atomic mass is 9.69. The first kappa shape index (κ1) is 17.1. The van der Waals surface area contributed by atoms with Crippen molar-refractivity contribution in [3.05, 3.63) is 0 Å². The van der Waals surface area contributed by atoms with Gasteiger partial charge in [0.05, 0.1) is 24.6 Å². The minimum absolute atomic E-state index is 0.276. The van der Waals surface area contributed by atoms with E-state index in [9.17, 15) is 9.59 Å². The summed E-state index contributed by atoms with van der Waals surface area (Å²) in [6, 6.07) is 0. The molecule has 0 amide bonds. The van der Waals surface area contributed by atoms with E-state index in [0.29, 0.717) is 48.5 Å². The van der Waals surface area contributed by atoms with Gasteiger partial charge in [-0.15, -0.1) is 0 Å². The third-order valence-corrected chi connectivity index (χ3v) is 5.74. The van der Waals surface area contributed by atoms with E-state index < -0.39 is 10.8 Å². The van der Waals surface area contributed by atoms with Gasteiger partial charge in [0.25, 0.3) is 0 Å². The molecule has 0 aromatic heterocycles. The van der Waals surface area contributed by atoms with Crippen LogP contribution in [0.1, 0.15) is 52.4 Å². The van der Waals surface area contributed by atoms with Crippen molar-refractivity contribution in [2.24, 2.45) is 31.2 Å². The molecule has 2 heterocycles. The second-order valence-corrected chi connectivity index (χ2v) is 6.95. The summed E-state index contributed by atoms with van der Waals surface area (Å²) in [5.41, 5.74) is 0.219. The van der Waals surface area contributed by atoms with Crippen LogP contribution in [0.15, 0.2) is 20.4 Å². The summed E-state index contributed by atoms with van der Waals surface area (Å²) in [7, 11) is 0. The average Bonchev–Trinajstić information content (AvgIpc) is 3.34. The number of nitrogens with zero attached hydrogens (tertiary/aromatic N) is 4. The summed E-state index contributed by atoms with van der Waals surface area (Å²) in [5.74, 6) is -0.721. The van der Waals surface area contributed by atoms with Crippen molar-refractivity contribution in [1.29, 1.82) is 0 Å². The fourth-order valence-electron chi connectivity index (χ4n) is 4.57. The normalized spacial score (nSPS) is 31.6. The third kappa shape index (κ3) is 2.01. The Labute approximate surface area is 151 Å². The van der Waals surface area contributed by atoms with Crippen molar-refractivity contribution in [1.82, 2.24) is 0 Å². The standard InChI is InChI=1S/C18H22N4O4/c1-3-25-15(23)17-9-5-7-11(17)19-21-13(17)14-18(16(24)26-4-2)10-6-8-12(18)20-22-14/h3-10H2,1-2H3. The van der Waals surface area contributed by atoms with Crippen LogP contribution in [0.3, 0.4) is 0 Å². The molecule has 2 fully saturated rings. The molecule has 2 aliphatic carbocycles. The van der Waals surface area contributed by atoms with Crippen molar-refractivity contribution >= 4 is 34.8 Å². The van der Waals surface area contributed by atoms with Gasteiger partial charge in [0.15, 0.2) is 10.8 Å². The Morgan fingerprint density at radius 1 is 0.808 bits per heavy atom. The molecule has 2 aliphatic heterocycles. The van der Waals surface area contributed by atoms with E-state index in [-0.39, 0.29) is 25.2 Å². The van der Waals surface area contributed by atoms with Crippen LogP contribution in [-0.2, 0) is 19.1 Å². The van der Waals surface area contributed by atoms with Crippen LogP contribution in [-0.4, -0.2) is 48.0 Å². The quantitative estimate of drug-likeness (QED) is 0.702. The number of carbonyl (C=O) groups is 2. The highest BCUT2D eigenvalue weighted by Crippen LogP contribution is 2.49. The van der Waals surface area contributed by atoms with Crippen molar-refractivity contribution < 1.29 is 19.1 Å². The molecule has 0 aromatic rings. The highest BCUT2D eigenvalue weighted by Gasteiger charge is 2.64. The zero-order valence-electron chi connectivity index (χ0n) is 15.1. The minimum Gasteiger partial charge on any atom is -0.465 e. The summed E-state index contributed by atoms with van der Waals surface area (Å²) in [5, 5.41) is 17.2. The Morgan fingerprint density at radius 2 is 1.23 bits per heavy atom. The van der Waals surface area contributed by atoms with Gasteiger partial charge in [-0.3, -0.25) is 9.59 Å². The summed E-state index contributed by atoms with van der Waals surface area (Å²) in [6.07, 6.45) is 4.17. The Balaban J connectivity index is 1.77. The van der Waals surface area contributed by atoms with Crippen molar-refractivity contribution in [3.8, 4) is 0 Å². The van der Waals surface area contributed by atoms with Gasteiger partial charge in [-0.2, -0.15) is 20.4 Å². The highest BCUT2D eigenvalue weighted by atomic mass is 16.5. The fourth-order valence-corrected chi connectivity index (χ4v) is 4.57. The smallest absolute Gasteiger partial charge is 0.324 e. The maximum Gasteiger partial charge on any atom is 0.324 e. The maximum absolute atomic E-state index is 12.9. The Kier molecular flexibility index (Phi) is 4.00. The molecule has 0 saturated heterocycles. The Hall–Kier alpha value is -2.38. The molecule has 2 saturated carbocycles. The van der Waals surface area contributed by atoms with Gasteiger partial charge < -0.3 is 9.47 Å². The number of hydrogen-bond donors (Lipinski definition) is 0. The first-order valence-electron chi connectivity index (χ1n) is 9.27. The van der Waals surface area contributed by atoms with Crippen molar-refractivity contribution in [3.63, 3.8) is 0 Å². The third-order valence-electron chi connectivity index (χ3n) is 5.74. The largest absolute Gasteiger partial charge is 0.465 e. The molecule has 2 unspecified atom stereocenters. The van der Waals surface area contributed by atoms with Gasteiger partial charge in [0, 0.05) is 0 Å². The fraction of sp³-hybridized carbons (Fsp3) is 0.667. The van der Waals surface area contributed by atoms with Crippen molar-refractivity contribution in [2.45, 2.75) is 52.4 Å². The van der Waals surface area contributed by atoms with E-state index in [4.69, 9.17) is 9.47 Å². The molecule has 0 bridgehead atoms. The van der Waals surface area contributed by atoms with Crippen LogP contribution >= 0.6 is 0 Å². The number of rotatable bonds is 5. The number of esters is 2. The predicted octanol–water partition coefficient (Wildman–Crippen LogP) is 2.07. The minimum atomic E-state index is -1.03. The van der Waals surface area contributed by atoms with E-state index in [2.05, 4.69) is 20.4 Å². The van der Waals surface area contributed by atoms with E-state index >= 15 is 0 Å². The van der Waals surface area contributed by atoms with E-state index in [1.54, 1.807) is 13.8 Å². The van der Waals surface area contributed by atoms with Crippen LogP contribution in [0.5, 0.6) is 0 Å². The van der Waals surface area contributed by atoms with Gasteiger partial charge in [-0.25, -0.2) is 0 Å². The SMILES string of the molecule is CCOC(=O)C12CCCC1=NN=C2C1=NN=C2CCCC21C(=O)OCC. The Morgan fingerprint density at radius 3 is 1.62 bits per heavy atom. The molecule has 26 heavy (non-hydrogen) atoms. The molecular weight excluding hydrogens is 336 g/mol. The summed E-state index contributed by atoms with van der Waals surface area (Å²) in [6.45, 7) is 4.10. The maximum atomic E-state index is 12.9. The zero-order chi connectivity index (χ0) is 18.4. The predicted molar refractivity (Wildman–Crippen MR) is 95.6 cm³/mol. The average molecular weight is 358 g/mol. The van der Waals surface area contributed by atoms with E-state index in [1.807, 2.05) is 0 Å². The second kappa shape index (κ2) is 6.10. The molecule has 4 rings (SSSR count). The molecule has 0 spiro atoms. The molecular formula is C18H22N4O4. The Bertz CT molecular complexity index is 731. The lowest BCUT2D eigenvalue weighted by Gasteiger charge is -2.30. The van der Waals surface area contributed by atoms with Crippen LogP contribution in [0, 0.1) is 10.8 Å².